The number of rotatable bonds is 2. The van der Waals surface area contributed by atoms with E-state index in [1.54, 1.807) is 0 Å². The Morgan fingerprint density at radius 2 is 2.12 bits per heavy atom. The van der Waals surface area contributed by atoms with Crippen molar-refractivity contribution in [2.45, 2.75) is 6.42 Å². The van der Waals surface area contributed by atoms with Crippen LogP contribution >= 0.6 is 0 Å². The van der Waals surface area contributed by atoms with Gasteiger partial charge < -0.3 is 14.7 Å². The number of hydrogen-bond donors (Lipinski definition) is 1. The average Bonchev–Trinajstić information content (AvgIpc) is 2.57. The first-order valence-electron chi connectivity index (χ1n) is 5.16. The zero-order valence-corrected chi connectivity index (χ0v) is 8.80. The Kier molecular flexibility index (Phi) is 3.31. The van der Waals surface area contributed by atoms with Gasteiger partial charge in [0.05, 0.1) is 6.61 Å². The molecule has 1 aromatic rings. The summed E-state index contributed by atoms with van der Waals surface area (Å²) in [4.78, 5) is 20.8. The molecule has 1 saturated heterocycles. The molecule has 86 valence electrons. The lowest BCUT2D eigenvalue weighted by Gasteiger charge is -2.21. The minimum atomic E-state index is -1.05. The Balaban J connectivity index is 2.27. The van der Waals surface area contributed by atoms with Gasteiger partial charge >= 0.3 is 5.97 Å². The first kappa shape index (κ1) is 10.8. The summed E-state index contributed by atoms with van der Waals surface area (Å²) in [6.07, 6.45) is 3.77. The van der Waals surface area contributed by atoms with E-state index >= 15 is 0 Å². The van der Waals surface area contributed by atoms with Crippen LogP contribution in [0.25, 0.3) is 0 Å². The third-order valence-electron chi connectivity index (χ3n) is 2.40. The van der Waals surface area contributed by atoms with E-state index in [2.05, 4.69) is 9.97 Å². The van der Waals surface area contributed by atoms with Gasteiger partial charge in [0.15, 0.2) is 11.5 Å². The molecule has 1 aromatic heterocycles. The van der Waals surface area contributed by atoms with E-state index in [-0.39, 0.29) is 5.69 Å². The number of carboxylic acids is 1. The third kappa shape index (κ3) is 2.27. The topological polar surface area (TPSA) is 75.5 Å². The van der Waals surface area contributed by atoms with Crippen molar-refractivity contribution in [3.63, 3.8) is 0 Å². The van der Waals surface area contributed by atoms with Crippen LogP contribution in [0.2, 0.25) is 0 Å². The molecule has 0 atom stereocenters. The summed E-state index contributed by atoms with van der Waals surface area (Å²) < 4.78 is 5.31. The molecule has 0 spiro atoms. The highest BCUT2D eigenvalue weighted by Gasteiger charge is 2.19. The highest BCUT2D eigenvalue weighted by Crippen LogP contribution is 2.16. The maximum Gasteiger partial charge on any atom is 0.358 e. The lowest BCUT2D eigenvalue weighted by molar-refractivity contribution is 0.0690. The second-order valence-electron chi connectivity index (χ2n) is 3.49. The zero-order chi connectivity index (χ0) is 11.4. The SMILES string of the molecule is O=C(O)c1nccnc1N1CCCOCC1. The van der Waals surface area contributed by atoms with Crippen LogP contribution in [0.5, 0.6) is 0 Å². The normalized spacial score (nSPS) is 16.9. The van der Waals surface area contributed by atoms with Crippen LogP contribution in [0.1, 0.15) is 16.9 Å². The third-order valence-corrected chi connectivity index (χ3v) is 2.40. The van der Waals surface area contributed by atoms with Gasteiger partial charge in [0, 0.05) is 32.1 Å². The van der Waals surface area contributed by atoms with Crippen molar-refractivity contribution in [2.75, 3.05) is 31.2 Å². The fourth-order valence-corrected chi connectivity index (χ4v) is 1.67. The Morgan fingerprint density at radius 1 is 1.31 bits per heavy atom. The van der Waals surface area contributed by atoms with Crippen molar-refractivity contribution >= 4 is 11.8 Å². The molecule has 0 aromatic carbocycles. The minimum absolute atomic E-state index is 0.00407. The average molecular weight is 223 g/mol. The van der Waals surface area contributed by atoms with E-state index in [1.165, 1.54) is 12.4 Å². The molecule has 0 aliphatic carbocycles. The summed E-state index contributed by atoms with van der Waals surface area (Å²) in [6.45, 7) is 2.70. The first-order chi connectivity index (χ1) is 7.79. The molecule has 0 saturated carbocycles. The van der Waals surface area contributed by atoms with Crippen molar-refractivity contribution in [3.8, 4) is 0 Å². The largest absolute Gasteiger partial charge is 0.476 e. The van der Waals surface area contributed by atoms with Crippen molar-refractivity contribution < 1.29 is 14.6 Å². The summed E-state index contributed by atoms with van der Waals surface area (Å²) in [5.41, 5.74) is 0.00407. The van der Waals surface area contributed by atoms with Crippen LogP contribution < -0.4 is 4.90 Å². The Bertz CT molecular complexity index is 375. The van der Waals surface area contributed by atoms with E-state index in [0.717, 1.165) is 13.0 Å². The standard InChI is InChI=1S/C10H13N3O3/c14-10(15)8-9(12-3-2-11-8)13-4-1-6-16-7-5-13/h2-3H,1,4-7H2,(H,14,15). The van der Waals surface area contributed by atoms with Gasteiger partial charge in [-0.15, -0.1) is 0 Å². The number of carbonyl (C=O) groups is 1. The number of nitrogens with zero attached hydrogens (tertiary/aromatic N) is 3. The maximum absolute atomic E-state index is 11.0. The van der Waals surface area contributed by atoms with Gasteiger partial charge in [-0.2, -0.15) is 0 Å². The number of aromatic nitrogens is 2. The summed E-state index contributed by atoms with van der Waals surface area (Å²) in [5.74, 6) is -0.617. The number of aromatic carboxylic acids is 1. The maximum atomic E-state index is 11.0. The summed E-state index contributed by atoms with van der Waals surface area (Å²) in [7, 11) is 0. The number of carboxylic acid groups (broad SMARTS) is 1. The monoisotopic (exact) mass is 223 g/mol. The van der Waals surface area contributed by atoms with Gasteiger partial charge in [-0.25, -0.2) is 14.8 Å². The second kappa shape index (κ2) is 4.89. The molecule has 6 heteroatoms. The molecular formula is C10H13N3O3. The number of anilines is 1. The molecule has 2 rings (SSSR count). The highest BCUT2D eigenvalue weighted by atomic mass is 16.5. The molecule has 1 aliphatic rings. The van der Waals surface area contributed by atoms with Crippen LogP contribution in [0.3, 0.4) is 0 Å². The van der Waals surface area contributed by atoms with E-state index in [9.17, 15) is 4.79 Å². The van der Waals surface area contributed by atoms with E-state index in [1.807, 2.05) is 4.90 Å². The Labute approximate surface area is 92.9 Å². The van der Waals surface area contributed by atoms with Gasteiger partial charge in [0.25, 0.3) is 0 Å². The molecule has 0 radical (unpaired) electrons. The van der Waals surface area contributed by atoms with Crippen LogP contribution in [-0.2, 0) is 4.74 Å². The van der Waals surface area contributed by atoms with Gasteiger partial charge in [-0.1, -0.05) is 0 Å². The van der Waals surface area contributed by atoms with Crippen molar-refractivity contribution in [3.05, 3.63) is 18.1 Å². The molecule has 0 unspecified atom stereocenters. The number of hydrogen-bond acceptors (Lipinski definition) is 5. The first-order valence-corrected chi connectivity index (χ1v) is 5.16. The number of ether oxygens (including phenoxy) is 1. The molecule has 1 fully saturated rings. The molecule has 1 aliphatic heterocycles. The van der Waals surface area contributed by atoms with Crippen LogP contribution in [-0.4, -0.2) is 47.3 Å². The van der Waals surface area contributed by atoms with Crippen molar-refractivity contribution in [2.24, 2.45) is 0 Å². The van der Waals surface area contributed by atoms with Gasteiger partial charge in [-0.3, -0.25) is 0 Å². The molecule has 1 N–H and O–H groups in total. The predicted molar refractivity (Wildman–Crippen MR) is 56.6 cm³/mol. The van der Waals surface area contributed by atoms with Gasteiger partial charge in [-0.05, 0) is 6.42 Å². The second-order valence-corrected chi connectivity index (χ2v) is 3.49. The van der Waals surface area contributed by atoms with E-state index in [0.29, 0.717) is 25.6 Å². The summed E-state index contributed by atoms with van der Waals surface area (Å²) in [5, 5.41) is 9.01. The molecule has 6 nitrogen and oxygen atoms in total. The Hall–Kier alpha value is -1.69. The summed E-state index contributed by atoms with van der Waals surface area (Å²) >= 11 is 0. The van der Waals surface area contributed by atoms with Crippen LogP contribution in [0, 0.1) is 0 Å². The van der Waals surface area contributed by atoms with E-state index in [4.69, 9.17) is 9.84 Å². The predicted octanol–water partition coefficient (Wildman–Crippen LogP) is 0.401. The molecule has 0 amide bonds. The zero-order valence-electron chi connectivity index (χ0n) is 8.80. The van der Waals surface area contributed by atoms with Gasteiger partial charge in [0.2, 0.25) is 0 Å². The lowest BCUT2D eigenvalue weighted by Crippen LogP contribution is -2.29. The smallest absolute Gasteiger partial charge is 0.358 e. The van der Waals surface area contributed by atoms with E-state index < -0.39 is 5.97 Å². The fourth-order valence-electron chi connectivity index (χ4n) is 1.67. The van der Waals surface area contributed by atoms with Crippen molar-refractivity contribution in [1.82, 2.24) is 9.97 Å². The molecule has 0 bridgehead atoms. The lowest BCUT2D eigenvalue weighted by atomic mass is 10.3. The fraction of sp³-hybridized carbons (Fsp3) is 0.500. The van der Waals surface area contributed by atoms with Crippen LogP contribution in [0.15, 0.2) is 12.4 Å². The minimum Gasteiger partial charge on any atom is -0.476 e. The van der Waals surface area contributed by atoms with Crippen LogP contribution in [0.4, 0.5) is 5.82 Å². The Morgan fingerprint density at radius 3 is 2.94 bits per heavy atom. The quantitative estimate of drug-likeness (QED) is 0.782. The molecular weight excluding hydrogens is 210 g/mol. The van der Waals surface area contributed by atoms with Gasteiger partial charge in [0.1, 0.15) is 0 Å². The van der Waals surface area contributed by atoms with Crippen molar-refractivity contribution in [1.29, 1.82) is 0 Å². The molecule has 2 heterocycles. The molecule has 16 heavy (non-hydrogen) atoms. The summed E-state index contributed by atoms with van der Waals surface area (Å²) in [6, 6.07) is 0. The highest BCUT2D eigenvalue weighted by molar-refractivity contribution is 5.90.